The number of aryl methyl sites for hydroxylation is 1. The lowest BCUT2D eigenvalue weighted by Gasteiger charge is -2.51. The zero-order chi connectivity index (χ0) is 24.8. The van der Waals surface area contributed by atoms with Crippen LogP contribution in [-0.2, 0) is 19.9 Å². The number of carbonyl (C=O) groups excluding carboxylic acids is 2. The molecule has 0 radical (unpaired) electrons. The van der Waals surface area contributed by atoms with E-state index in [9.17, 15) is 23.5 Å². The Balaban J connectivity index is 1.30. The van der Waals surface area contributed by atoms with Gasteiger partial charge in [-0.25, -0.2) is 13.6 Å². The van der Waals surface area contributed by atoms with Crippen LogP contribution in [0.25, 0.3) is 0 Å². The monoisotopic (exact) mass is 510 g/mol. The fraction of sp³-hybridized carbons (Fsp3) is 0.625. The molecule has 8 nitrogen and oxygen atoms in total. The molecule has 2 N–H and O–H groups in total. The van der Waals surface area contributed by atoms with Crippen molar-refractivity contribution in [3.63, 3.8) is 0 Å². The van der Waals surface area contributed by atoms with E-state index in [1.54, 1.807) is 29.8 Å². The van der Waals surface area contributed by atoms with Gasteiger partial charge < -0.3 is 24.2 Å². The predicted octanol–water partition coefficient (Wildman–Crippen LogP) is 3.46. The Labute approximate surface area is 205 Å². The second-order valence-corrected chi connectivity index (χ2v) is 11.1. The number of quaternary nitrogens is 1. The Kier molecular flexibility index (Phi) is 6.21. The number of esters is 1. The van der Waals surface area contributed by atoms with Crippen molar-refractivity contribution in [3.05, 3.63) is 34.2 Å². The summed E-state index contributed by atoms with van der Waals surface area (Å²) in [5.41, 5.74) is -1.80. The number of halogens is 2. The topological polar surface area (TPSA) is 102 Å². The summed E-state index contributed by atoms with van der Waals surface area (Å²) < 4.78 is 39.4. The molecule has 2 bridgehead atoms. The molecule has 35 heavy (non-hydrogen) atoms. The van der Waals surface area contributed by atoms with Crippen LogP contribution in [0.15, 0.2) is 27.4 Å². The minimum Gasteiger partial charge on any atom is -0.454 e. The van der Waals surface area contributed by atoms with Crippen LogP contribution in [0.1, 0.15) is 43.4 Å². The number of alkyl halides is 2. The maximum absolute atomic E-state index is 14.0. The third-order valence-electron chi connectivity index (χ3n) is 7.94. The Hall–Kier alpha value is -2.37. The van der Waals surface area contributed by atoms with Gasteiger partial charge in [0.2, 0.25) is 5.92 Å². The number of anilines is 1. The fourth-order valence-electron chi connectivity index (χ4n) is 6.02. The van der Waals surface area contributed by atoms with Gasteiger partial charge in [0.1, 0.15) is 12.3 Å². The molecule has 3 aliphatic heterocycles. The van der Waals surface area contributed by atoms with E-state index in [0.29, 0.717) is 28.2 Å². The molecule has 190 valence electrons. The number of aliphatic hydroxyl groups is 1. The second-order valence-electron chi connectivity index (χ2n) is 10.4. The van der Waals surface area contributed by atoms with Crippen LogP contribution in [0.2, 0.25) is 0 Å². The first kappa shape index (κ1) is 24.3. The van der Waals surface area contributed by atoms with Crippen molar-refractivity contribution in [2.24, 2.45) is 11.8 Å². The van der Waals surface area contributed by atoms with Crippen LogP contribution in [-0.4, -0.2) is 64.8 Å². The van der Waals surface area contributed by atoms with Crippen molar-refractivity contribution in [2.45, 2.75) is 56.7 Å². The van der Waals surface area contributed by atoms with Crippen molar-refractivity contribution in [1.29, 1.82) is 0 Å². The van der Waals surface area contributed by atoms with Crippen molar-refractivity contribution >= 4 is 29.0 Å². The third-order valence-corrected chi connectivity index (χ3v) is 8.62. The molecule has 4 aliphatic rings. The number of ether oxygens (including phenoxy) is 1. The number of hydrogen-bond donors (Lipinski definition) is 2. The third kappa shape index (κ3) is 4.73. The summed E-state index contributed by atoms with van der Waals surface area (Å²) in [6.07, 6.45) is 0.219. The highest BCUT2D eigenvalue weighted by atomic mass is 32.1. The zero-order valence-corrected chi connectivity index (χ0v) is 20.4. The van der Waals surface area contributed by atoms with Crippen LogP contribution in [0.5, 0.6) is 0 Å². The highest BCUT2D eigenvalue weighted by Gasteiger charge is 2.56. The molecule has 0 spiro atoms. The second kappa shape index (κ2) is 8.94. The molecule has 1 aliphatic carbocycles. The molecule has 1 saturated carbocycles. The van der Waals surface area contributed by atoms with Gasteiger partial charge in [-0.05, 0) is 30.2 Å². The summed E-state index contributed by atoms with van der Waals surface area (Å²) in [4.78, 5) is 26.2. The van der Waals surface area contributed by atoms with Gasteiger partial charge in [-0.1, -0.05) is 5.16 Å². The molecular formula is C24H30F2N3O5S+. The van der Waals surface area contributed by atoms with Crippen LogP contribution in [0, 0.1) is 18.8 Å². The van der Waals surface area contributed by atoms with E-state index in [-0.39, 0.29) is 31.2 Å². The SMILES string of the molecule is Cc1cc(NC(=O)C[N+]23CCC(CC2)[C@@H](OC(=O)C(O)(c2ccsc2)C2CCC(F)(F)C2)C3)no1. The lowest BCUT2D eigenvalue weighted by Crippen LogP contribution is -2.66. The summed E-state index contributed by atoms with van der Waals surface area (Å²) in [5, 5.41) is 21.4. The van der Waals surface area contributed by atoms with Crippen LogP contribution < -0.4 is 5.32 Å². The number of thiophene rings is 1. The van der Waals surface area contributed by atoms with E-state index < -0.39 is 35.9 Å². The van der Waals surface area contributed by atoms with Gasteiger partial charge in [0, 0.05) is 49.1 Å². The molecule has 2 unspecified atom stereocenters. The van der Waals surface area contributed by atoms with Crippen molar-refractivity contribution < 1.29 is 37.2 Å². The Morgan fingerprint density at radius 1 is 1.37 bits per heavy atom. The van der Waals surface area contributed by atoms with Crippen LogP contribution in [0.3, 0.4) is 0 Å². The lowest BCUT2D eigenvalue weighted by molar-refractivity contribution is -0.939. The first-order valence-electron chi connectivity index (χ1n) is 12.0. The van der Waals surface area contributed by atoms with Crippen LogP contribution in [0.4, 0.5) is 14.6 Å². The van der Waals surface area contributed by atoms with Gasteiger partial charge in [0.15, 0.2) is 24.1 Å². The van der Waals surface area contributed by atoms with Gasteiger partial charge >= 0.3 is 5.97 Å². The van der Waals surface area contributed by atoms with E-state index in [1.807, 2.05) is 0 Å². The number of hydrogen-bond acceptors (Lipinski definition) is 7. The maximum Gasteiger partial charge on any atom is 0.343 e. The number of piperidine rings is 3. The number of aromatic nitrogens is 1. The van der Waals surface area contributed by atoms with E-state index in [0.717, 1.165) is 25.9 Å². The van der Waals surface area contributed by atoms with Crippen LogP contribution >= 0.6 is 11.3 Å². The molecule has 6 rings (SSSR count). The van der Waals surface area contributed by atoms with Crippen molar-refractivity contribution in [1.82, 2.24) is 5.16 Å². The van der Waals surface area contributed by atoms with Gasteiger partial charge in [-0.3, -0.25) is 4.79 Å². The molecule has 11 heteroatoms. The van der Waals surface area contributed by atoms with Gasteiger partial charge in [-0.15, -0.1) is 0 Å². The summed E-state index contributed by atoms with van der Waals surface area (Å²) >= 11 is 1.29. The quantitative estimate of drug-likeness (QED) is 0.437. The standard InChI is InChI=1S/C24H29F2N3O5S/c1-15-10-20(28-34-15)27-21(30)13-29-7-3-16(4-8-29)19(12-29)33-22(31)24(32,18-5-9-35-14-18)17-2-6-23(25,26)11-17/h5,9-10,14,16-17,19,32H,2-4,6-8,11-13H2,1H3/p+1/t16?,17?,19-,24?,29?/m0/s1. The Bertz CT molecular complexity index is 1080. The molecule has 5 heterocycles. The van der Waals surface area contributed by atoms with Gasteiger partial charge in [0.25, 0.3) is 5.91 Å². The minimum atomic E-state index is -2.91. The molecule has 3 atom stereocenters. The largest absolute Gasteiger partial charge is 0.454 e. The number of nitrogens with zero attached hydrogens (tertiary/aromatic N) is 2. The minimum absolute atomic E-state index is 0.0459. The average Bonchev–Trinajstić information content (AvgIpc) is 3.55. The number of nitrogens with one attached hydrogen (secondary N) is 1. The van der Waals surface area contributed by atoms with Gasteiger partial charge in [0.05, 0.1) is 13.1 Å². The Morgan fingerprint density at radius 2 is 2.14 bits per heavy atom. The number of rotatable bonds is 7. The first-order valence-corrected chi connectivity index (χ1v) is 13.0. The lowest BCUT2D eigenvalue weighted by atomic mass is 9.80. The van der Waals surface area contributed by atoms with Crippen molar-refractivity contribution in [2.75, 3.05) is 31.5 Å². The molecule has 3 saturated heterocycles. The molecule has 2 aromatic rings. The normalized spacial score (nSPS) is 31.1. The highest BCUT2D eigenvalue weighted by molar-refractivity contribution is 7.08. The number of amides is 1. The van der Waals surface area contributed by atoms with Crippen molar-refractivity contribution in [3.8, 4) is 0 Å². The molecule has 0 aromatic carbocycles. The molecule has 2 aromatic heterocycles. The molecule has 1 amide bonds. The van der Waals surface area contributed by atoms with Gasteiger partial charge in [-0.2, -0.15) is 11.3 Å². The fourth-order valence-corrected chi connectivity index (χ4v) is 6.73. The summed E-state index contributed by atoms with van der Waals surface area (Å²) in [7, 11) is 0. The van der Waals surface area contributed by atoms with E-state index in [1.165, 1.54) is 11.3 Å². The van der Waals surface area contributed by atoms with E-state index >= 15 is 0 Å². The summed E-state index contributed by atoms with van der Waals surface area (Å²) in [6.45, 7) is 3.96. The average molecular weight is 511 g/mol. The summed E-state index contributed by atoms with van der Waals surface area (Å²) in [6, 6.07) is 3.24. The molecule has 4 fully saturated rings. The zero-order valence-electron chi connectivity index (χ0n) is 19.5. The number of carbonyl (C=O) groups is 2. The molecular weight excluding hydrogens is 480 g/mol. The Morgan fingerprint density at radius 3 is 2.74 bits per heavy atom. The first-order chi connectivity index (χ1) is 16.6. The van der Waals surface area contributed by atoms with E-state index in [2.05, 4.69) is 10.5 Å². The predicted molar refractivity (Wildman–Crippen MR) is 123 cm³/mol. The number of fused-ring (bicyclic) bond motifs is 3. The highest BCUT2D eigenvalue weighted by Crippen LogP contribution is 2.49. The maximum atomic E-state index is 14.0. The van der Waals surface area contributed by atoms with E-state index in [4.69, 9.17) is 9.26 Å². The summed E-state index contributed by atoms with van der Waals surface area (Å²) in [5.74, 6) is -3.82. The smallest absolute Gasteiger partial charge is 0.343 e.